The van der Waals surface area contributed by atoms with Crippen LogP contribution in [0.4, 0.5) is 20.6 Å². The van der Waals surface area contributed by atoms with Crippen LogP contribution in [0.2, 0.25) is 0 Å². The summed E-state index contributed by atoms with van der Waals surface area (Å²) in [6, 6.07) is 16.9. The van der Waals surface area contributed by atoms with Crippen LogP contribution in [0.15, 0.2) is 72.8 Å². The molecule has 3 aromatic carbocycles. The van der Waals surface area contributed by atoms with Gasteiger partial charge in [-0.3, -0.25) is 14.4 Å². The predicted molar refractivity (Wildman–Crippen MR) is 153 cm³/mol. The van der Waals surface area contributed by atoms with Crippen LogP contribution < -0.4 is 16.0 Å². The van der Waals surface area contributed by atoms with E-state index in [2.05, 4.69) is 16.0 Å². The highest BCUT2D eigenvalue weighted by molar-refractivity contribution is 14.1. The van der Waals surface area contributed by atoms with Gasteiger partial charge in [-0.15, -0.1) is 0 Å². The highest BCUT2D eigenvalue weighted by atomic mass is 127. The number of hydrogen-bond donors (Lipinski definition) is 3. The van der Waals surface area contributed by atoms with Crippen molar-refractivity contribution in [2.75, 3.05) is 31.3 Å². The summed E-state index contributed by atoms with van der Waals surface area (Å²) in [5.41, 5.74) is 1.71. The molecule has 3 aromatic rings. The van der Waals surface area contributed by atoms with E-state index in [0.717, 1.165) is 10.5 Å². The number of likely N-dealkylation sites (N-methyl/N-ethyl adjacent to an activating group) is 1. The van der Waals surface area contributed by atoms with Crippen molar-refractivity contribution in [3.8, 4) is 0 Å². The molecule has 3 N–H and O–H groups in total. The molecule has 0 spiro atoms. The van der Waals surface area contributed by atoms with E-state index < -0.39 is 35.7 Å². The summed E-state index contributed by atoms with van der Waals surface area (Å²) in [6.45, 7) is 0.213. The molecule has 2 atom stereocenters. The third-order valence-electron chi connectivity index (χ3n) is 6.03. The van der Waals surface area contributed by atoms with Crippen molar-refractivity contribution in [2.24, 2.45) is 0 Å². The van der Waals surface area contributed by atoms with Crippen LogP contribution in [0.3, 0.4) is 0 Å². The van der Waals surface area contributed by atoms with E-state index in [1.807, 2.05) is 28.7 Å². The third kappa shape index (κ3) is 6.98. The van der Waals surface area contributed by atoms with E-state index >= 15 is 0 Å². The molecule has 1 fully saturated rings. The van der Waals surface area contributed by atoms with Gasteiger partial charge in [0.05, 0.1) is 12.2 Å². The fourth-order valence-electron chi connectivity index (χ4n) is 4.21. The maximum absolute atomic E-state index is 14.5. The van der Waals surface area contributed by atoms with Crippen LogP contribution in [0.1, 0.15) is 17.2 Å². The van der Waals surface area contributed by atoms with Crippen molar-refractivity contribution >= 4 is 57.7 Å². The number of carbonyl (C=O) groups excluding carboxylic acids is 4. The highest BCUT2D eigenvalue weighted by Crippen LogP contribution is 2.27. The van der Waals surface area contributed by atoms with Gasteiger partial charge in [-0.25, -0.2) is 14.1 Å². The number of nitrogens with one attached hydrogen (secondary N) is 3. The molecule has 1 aliphatic heterocycles. The largest absolute Gasteiger partial charge is 0.325 e. The zero-order chi connectivity index (χ0) is 28.1. The maximum Gasteiger partial charge on any atom is 0.325 e. The van der Waals surface area contributed by atoms with Gasteiger partial charge in [-0.1, -0.05) is 42.5 Å². The van der Waals surface area contributed by atoms with Crippen molar-refractivity contribution in [1.82, 2.24) is 15.1 Å². The molecule has 0 radical (unpaired) electrons. The lowest BCUT2D eigenvalue weighted by molar-refractivity contribution is -0.134. The molecule has 202 valence electrons. The van der Waals surface area contributed by atoms with Crippen LogP contribution in [-0.4, -0.2) is 60.2 Å². The van der Waals surface area contributed by atoms with Crippen LogP contribution >= 0.6 is 22.6 Å². The molecule has 0 aromatic heterocycles. The van der Waals surface area contributed by atoms with Crippen molar-refractivity contribution in [2.45, 2.75) is 18.5 Å². The maximum atomic E-state index is 14.5. The molecule has 39 heavy (non-hydrogen) atoms. The SMILES string of the molecule is CN(C)CC(=O)Nc1ccc(C2NC(=O)N(C(Cc3ccccc3)C(=O)Nc3ccc(I)cc3F)C2=O)cc1. The molecule has 2 unspecified atom stereocenters. The molecule has 0 saturated carbocycles. The predicted octanol–water partition coefficient (Wildman–Crippen LogP) is 3.77. The molecule has 4 rings (SSSR count). The Hall–Kier alpha value is -3.84. The second-order valence-electron chi connectivity index (χ2n) is 9.32. The topological polar surface area (TPSA) is 111 Å². The van der Waals surface area contributed by atoms with Gasteiger partial charge in [0.1, 0.15) is 17.9 Å². The van der Waals surface area contributed by atoms with Gasteiger partial charge >= 0.3 is 6.03 Å². The Balaban J connectivity index is 1.56. The van der Waals surface area contributed by atoms with Crippen molar-refractivity contribution in [3.63, 3.8) is 0 Å². The van der Waals surface area contributed by atoms with Crippen LogP contribution in [0, 0.1) is 9.39 Å². The standard InChI is InChI=1S/C28H27FIN5O4/c1-34(2)16-24(36)31-20-11-8-18(9-12-20)25-27(38)35(28(39)33-25)23(14-17-6-4-3-5-7-17)26(37)32-22-13-10-19(30)15-21(22)29/h3-13,15,23,25H,14,16H2,1-2H3,(H,31,36)(H,32,37)(H,33,39). The number of urea groups is 1. The summed E-state index contributed by atoms with van der Waals surface area (Å²) in [4.78, 5) is 54.6. The van der Waals surface area contributed by atoms with Crippen LogP contribution in [0.25, 0.3) is 0 Å². The molecular weight excluding hydrogens is 616 g/mol. The average molecular weight is 643 g/mol. The molecular formula is C28H27FIN5O4. The smallest absolute Gasteiger partial charge is 0.325 e. The Morgan fingerprint density at radius 3 is 2.36 bits per heavy atom. The molecule has 1 heterocycles. The number of rotatable bonds is 9. The van der Waals surface area contributed by atoms with Gasteiger partial charge in [0.15, 0.2) is 0 Å². The first-order chi connectivity index (χ1) is 18.6. The number of benzene rings is 3. The van der Waals surface area contributed by atoms with E-state index in [9.17, 15) is 23.6 Å². The third-order valence-corrected chi connectivity index (χ3v) is 6.70. The van der Waals surface area contributed by atoms with E-state index in [-0.39, 0.29) is 24.6 Å². The molecule has 1 saturated heterocycles. The van der Waals surface area contributed by atoms with Gasteiger partial charge in [0.2, 0.25) is 11.8 Å². The summed E-state index contributed by atoms with van der Waals surface area (Å²) in [7, 11) is 3.57. The molecule has 11 heteroatoms. The van der Waals surface area contributed by atoms with Gasteiger partial charge in [-0.2, -0.15) is 0 Å². The van der Waals surface area contributed by atoms with E-state index in [0.29, 0.717) is 14.8 Å². The van der Waals surface area contributed by atoms with Gasteiger partial charge in [0.25, 0.3) is 5.91 Å². The first-order valence-corrected chi connectivity index (χ1v) is 13.2. The fourth-order valence-corrected chi connectivity index (χ4v) is 4.66. The van der Waals surface area contributed by atoms with E-state index in [1.54, 1.807) is 73.6 Å². The van der Waals surface area contributed by atoms with E-state index in [4.69, 9.17) is 0 Å². The van der Waals surface area contributed by atoms with Crippen molar-refractivity contribution in [3.05, 3.63) is 93.3 Å². The van der Waals surface area contributed by atoms with Gasteiger partial charge in [0, 0.05) is 15.7 Å². The summed E-state index contributed by atoms with van der Waals surface area (Å²) in [6.07, 6.45) is 0.0430. The second-order valence-corrected chi connectivity index (χ2v) is 10.6. The Labute approximate surface area is 238 Å². The zero-order valence-electron chi connectivity index (χ0n) is 21.3. The number of carbonyl (C=O) groups is 4. The minimum Gasteiger partial charge on any atom is -0.325 e. The minimum absolute atomic E-state index is 0.0430. The summed E-state index contributed by atoms with van der Waals surface area (Å²) < 4.78 is 15.1. The number of amides is 5. The summed E-state index contributed by atoms with van der Waals surface area (Å²) in [5.74, 6) is -2.12. The molecule has 9 nitrogen and oxygen atoms in total. The van der Waals surface area contributed by atoms with Crippen molar-refractivity contribution in [1.29, 1.82) is 0 Å². The molecule has 0 bridgehead atoms. The number of hydrogen-bond acceptors (Lipinski definition) is 5. The lowest BCUT2D eigenvalue weighted by atomic mass is 10.0. The lowest BCUT2D eigenvalue weighted by Crippen LogP contribution is -2.49. The number of halogens is 2. The summed E-state index contributed by atoms with van der Waals surface area (Å²) in [5, 5.41) is 7.95. The fraction of sp³-hybridized carbons (Fsp3) is 0.214. The number of nitrogens with zero attached hydrogens (tertiary/aromatic N) is 2. The Kier molecular flexibility index (Phi) is 8.92. The molecule has 1 aliphatic rings. The first-order valence-electron chi connectivity index (χ1n) is 12.1. The monoisotopic (exact) mass is 643 g/mol. The Bertz CT molecular complexity index is 1380. The Morgan fingerprint density at radius 1 is 1.03 bits per heavy atom. The Morgan fingerprint density at radius 2 is 1.72 bits per heavy atom. The molecule has 0 aliphatic carbocycles. The number of imide groups is 1. The summed E-state index contributed by atoms with van der Waals surface area (Å²) >= 11 is 1.96. The van der Waals surface area contributed by atoms with Crippen molar-refractivity contribution < 1.29 is 23.6 Å². The minimum atomic E-state index is -1.23. The normalized spacial score (nSPS) is 15.7. The van der Waals surface area contributed by atoms with E-state index in [1.165, 1.54) is 12.1 Å². The number of anilines is 2. The first kappa shape index (κ1) is 28.2. The van der Waals surface area contributed by atoms with Crippen LogP contribution in [-0.2, 0) is 20.8 Å². The van der Waals surface area contributed by atoms with Gasteiger partial charge in [-0.05, 0) is 78.1 Å². The zero-order valence-corrected chi connectivity index (χ0v) is 23.4. The quantitative estimate of drug-likeness (QED) is 0.243. The highest BCUT2D eigenvalue weighted by Gasteiger charge is 2.45. The van der Waals surface area contributed by atoms with Gasteiger partial charge < -0.3 is 20.9 Å². The van der Waals surface area contributed by atoms with Crippen LogP contribution in [0.5, 0.6) is 0 Å². The second kappa shape index (κ2) is 12.3. The molecule has 5 amide bonds. The lowest BCUT2D eigenvalue weighted by Gasteiger charge is -2.25. The average Bonchev–Trinajstić information content (AvgIpc) is 3.18.